The molecule has 0 aromatic heterocycles. The van der Waals surface area contributed by atoms with E-state index >= 15 is 0 Å². The molecule has 6 nitrogen and oxygen atoms in total. The first-order valence-electron chi connectivity index (χ1n) is 10.1. The number of nitrogens with one attached hydrogen (secondary N) is 1. The molecular formula is C23H31NO5. The van der Waals surface area contributed by atoms with Crippen LogP contribution in [0.2, 0.25) is 0 Å². The Morgan fingerprint density at radius 3 is 1.93 bits per heavy atom. The van der Waals surface area contributed by atoms with Gasteiger partial charge in [-0.25, -0.2) is 0 Å². The number of amides is 1. The molecular weight excluding hydrogens is 370 g/mol. The van der Waals surface area contributed by atoms with Crippen molar-refractivity contribution in [2.45, 2.75) is 47.3 Å². The van der Waals surface area contributed by atoms with Gasteiger partial charge in [-0.05, 0) is 64.4 Å². The first-order chi connectivity index (χ1) is 14.0. The van der Waals surface area contributed by atoms with E-state index in [1.165, 1.54) is 0 Å². The maximum Gasteiger partial charge on any atom is 0.251 e. The smallest absolute Gasteiger partial charge is 0.251 e. The Hall–Kier alpha value is -2.89. The third kappa shape index (κ3) is 6.59. The number of carbonyl (C=O) groups excluding carboxylic acids is 1. The van der Waals surface area contributed by atoms with Crippen LogP contribution in [0.1, 0.15) is 50.5 Å². The molecule has 0 radical (unpaired) electrons. The van der Waals surface area contributed by atoms with Crippen molar-refractivity contribution >= 4 is 5.91 Å². The highest BCUT2D eigenvalue weighted by atomic mass is 16.5. The van der Waals surface area contributed by atoms with Crippen LogP contribution in [-0.2, 0) is 6.54 Å². The normalized spacial score (nSPS) is 10.6. The Balaban J connectivity index is 2.14. The molecule has 0 unspecified atom stereocenters. The van der Waals surface area contributed by atoms with Crippen molar-refractivity contribution in [2.75, 3.05) is 19.8 Å². The number of ether oxygens (including phenoxy) is 4. The molecule has 0 heterocycles. The first kappa shape index (κ1) is 22.4. The Kier molecular flexibility index (Phi) is 8.65. The summed E-state index contributed by atoms with van der Waals surface area (Å²) in [4.78, 5) is 12.7. The lowest BCUT2D eigenvalue weighted by molar-refractivity contribution is 0.0949. The first-order valence-corrected chi connectivity index (χ1v) is 10.1. The minimum atomic E-state index is -0.211. The molecule has 2 aromatic carbocycles. The fourth-order valence-corrected chi connectivity index (χ4v) is 2.76. The summed E-state index contributed by atoms with van der Waals surface area (Å²) in [6.45, 7) is 11.4. The predicted molar refractivity (Wildman–Crippen MR) is 113 cm³/mol. The number of benzene rings is 2. The highest BCUT2D eigenvalue weighted by Gasteiger charge is 2.18. The maximum atomic E-state index is 12.7. The Morgan fingerprint density at radius 2 is 1.45 bits per heavy atom. The van der Waals surface area contributed by atoms with Gasteiger partial charge in [-0.2, -0.15) is 0 Å². The highest BCUT2D eigenvalue weighted by Crippen LogP contribution is 2.39. The lowest BCUT2D eigenvalue weighted by Crippen LogP contribution is -2.23. The maximum absolute atomic E-state index is 12.7. The molecule has 1 N–H and O–H groups in total. The van der Waals surface area contributed by atoms with Crippen LogP contribution in [-0.4, -0.2) is 31.8 Å². The van der Waals surface area contributed by atoms with Crippen LogP contribution in [0.25, 0.3) is 0 Å². The summed E-state index contributed by atoms with van der Waals surface area (Å²) >= 11 is 0. The predicted octanol–water partition coefficient (Wildman–Crippen LogP) is 4.60. The van der Waals surface area contributed by atoms with Crippen molar-refractivity contribution in [3.05, 3.63) is 47.5 Å². The van der Waals surface area contributed by atoms with Crippen LogP contribution >= 0.6 is 0 Å². The summed E-state index contributed by atoms with van der Waals surface area (Å²) in [5, 5.41) is 2.93. The molecule has 0 aliphatic carbocycles. The zero-order valence-electron chi connectivity index (χ0n) is 17.9. The van der Waals surface area contributed by atoms with Gasteiger partial charge in [0.25, 0.3) is 5.91 Å². The van der Waals surface area contributed by atoms with E-state index in [-0.39, 0.29) is 12.0 Å². The van der Waals surface area contributed by atoms with Crippen molar-refractivity contribution < 1.29 is 23.7 Å². The summed E-state index contributed by atoms with van der Waals surface area (Å²) in [7, 11) is 0. The van der Waals surface area contributed by atoms with Gasteiger partial charge in [0, 0.05) is 12.1 Å². The minimum Gasteiger partial charge on any atom is -0.491 e. The third-order valence-electron chi connectivity index (χ3n) is 3.92. The van der Waals surface area contributed by atoms with Crippen molar-refractivity contribution in [3.8, 4) is 23.0 Å². The van der Waals surface area contributed by atoms with Crippen molar-refractivity contribution in [1.82, 2.24) is 5.32 Å². The average Bonchev–Trinajstić information content (AvgIpc) is 2.69. The van der Waals surface area contributed by atoms with E-state index in [1.807, 2.05) is 58.9 Å². The van der Waals surface area contributed by atoms with Gasteiger partial charge in [0.05, 0.1) is 25.9 Å². The second kappa shape index (κ2) is 11.2. The molecule has 29 heavy (non-hydrogen) atoms. The van der Waals surface area contributed by atoms with E-state index in [9.17, 15) is 4.79 Å². The minimum absolute atomic E-state index is 0.124. The molecule has 0 bridgehead atoms. The molecule has 0 saturated carbocycles. The highest BCUT2D eigenvalue weighted by molar-refractivity contribution is 5.95. The molecule has 0 fully saturated rings. The third-order valence-corrected chi connectivity index (χ3v) is 3.92. The zero-order chi connectivity index (χ0) is 21.2. The molecule has 0 atom stereocenters. The molecule has 1 amide bonds. The van der Waals surface area contributed by atoms with Crippen molar-refractivity contribution in [3.63, 3.8) is 0 Å². The van der Waals surface area contributed by atoms with E-state index in [0.717, 1.165) is 11.3 Å². The molecule has 158 valence electrons. The van der Waals surface area contributed by atoms with Crippen LogP contribution < -0.4 is 24.3 Å². The van der Waals surface area contributed by atoms with Gasteiger partial charge in [0.1, 0.15) is 5.75 Å². The average molecular weight is 402 g/mol. The molecule has 0 aliphatic heterocycles. The summed E-state index contributed by atoms with van der Waals surface area (Å²) in [6, 6.07) is 11.1. The number of rotatable bonds is 11. The number of hydrogen-bond acceptors (Lipinski definition) is 5. The standard InChI is InChI=1S/C23H31NO5/c1-6-26-20-13-18(14-21(27-7-2)22(20)28-8-3)23(25)24-15-17-9-11-19(12-10-17)29-16(4)5/h9-14,16H,6-8,15H2,1-5H3,(H,24,25). The second-order valence-corrected chi connectivity index (χ2v) is 6.59. The van der Waals surface area contributed by atoms with Crippen LogP contribution in [0.4, 0.5) is 0 Å². The molecule has 0 aliphatic rings. The van der Waals surface area contributed by atoms with Crippen LogP contribution in [0, 0.1) is 0 Å². The SMILES string of the molecule is CCOc1cc(C(=O)NCc2ccc(OC(C)C)cc2)cc(OCC)c1OCC. The number of hydrogen-bond donors (Lipinski definition) is 1. The van der Waals surface area contributed by atoms with E-state index in [2.05, 4.69) is 5.32 Å². The summed E-state index contributed by atoms with van der Waals surface area (Å²) < 4.78 is 22.7. The Labute approximate surface area is 173 Å². The molecule has 2 rings (SSSR count). The fraction of sp³-hybridized carbons (Fsp3) is 0.435. The fourth-order valence-electron chi connectivity index (χ4n) is 2.76. The topological polar surface area (TPSA) is 66.0 Å². The molecule has 6 heteroatoms. The van der Waals surface area contributed by atoms with E-state index < -0.39 is 0 Å². The number of carbonyl (C=O) groups is 1. The van der Waals surface area contributed by atoms with Gasteiger partial charge in [0.2, 0.25) is 5.75 Å². The molecule has 0 saturated heterocycles. The van der Waals surface area contributed by atoms with Crippen molar-refractivity contribution in [1.29, 1.82) is 0 Å². The Morgan fingerprint density at radius 1 is 0.897 bits per heavy atom. The monoisotopic (exact) mass is 401 g/mol. The van der Waals surface area contributed by atoms with Gasteiger partial charge in [0.15, 0.2) is 11.5 Å². The van der Waals surface area contributed by atoms with Gasteiger partial charge < -0.3 is 24.3 Å². The van der Waals surface area contributed by atoms with E-state index in [0.29, 0.717) is 49.2 Å². The van der Waals surface area contributed by atoms with Crippen LogP contribution in [0.5, 0.6) is 23.0 Å². The van der Waals surface area contributed by atoms with Gasteiger partial charge >= 0.3 is 0 Å². The van der Waals surface area contributed by atoms with Crippen LogP contribution in [0.15, 0.2) is 36.4 Å². The Bertz CT molecular complexity index is 759. The van der Waals surface area contributed by atoms with Gasteiger partial charge in [-0.1, -0.05) is 12.1 Å². The lowest BCUT2D eigenvalue weighted by Gasteiger charge is -2.17. The quantitative estimate of drug-likeness (QED) is 0.596. The molecule has 2 aromatic rings. The van der Waals surface area contributed by atoms with Crippen LogP contribution in [0.3, 0.4) is 0 Å². The summed E-state index contributed by atoms with van der Waals surface area (Å²) in [6.07, 6.45) is 0.124. The lowest BCUT2D eigenvalue weighted by atomic mass is 10.1. The summed E-state index contributed by atoms with van der Waals surface area (Å²) in [5.74, 6) is 2.12. The molecule has 0 spiro atoms. The van der Waals surface area contributed by atoms with E-state index in [1.54, 1.807) is 12.1 Å². The largest absolute Gasteiger partial charge is 0.491 e. The van der Waals surface area contributed by atoms with Gasteiger partial charge in [-0.15, -0.1) is 0 Å². The summed E-state index contributed by atoms with van der Waals surface area (Å²) in [5.41, 5.74) is 1.44. The van der Waals surface area contributed by atoms with Crippen molar-refractivity contribution in [2.24, 2.45) is 0 Å². The van der Waals surface area contributed by atoms with E-state index in [4.69, 9.17) is 18.9 Å². The zero-order valence-corrected chi connectivity index (χ0v) is 17.9. The van der Waals surface area contributed by atoms with Gasteiger partial charge in [-0.3, -0.25) is 4.79 Å². The second-order valence-electron chi connectivity index (χ2n) is 6.59.